The van der Waals surface area contributed by atoms with E-state index in [0.29, 0.717) is 18.0 Å². The van der Waals surface area contributed by atoms with Gasteiger partial charge in [-0.25, -0.2) is 14.8 Å². The maximum Gasteiger partial charge on any atom is 0.335 e. The van der Waals surface area contributed by atoms with Crippen molar-refractivity contribution < 1.29 is 19.1 Å². The number of nitrogens with zero attached hydrogens (tertiary/aromatic N) is 2. The molecule has 1 atom stereocenters. The van der Waals surface area contributed by atoms with E-state index in [0.717, 1.165) is 44.1 Å². The lowest BCUT2D eigenvalue weighted by Gasteiger charge is -2.12. The monoisotopic (exact) mass is 508 g/mol. The van der Waals surface area contributed by atoms with Gasteiger partial charge in [0.2, 0.25) is 0 Å². The molecule has 0 fully saturated rings. The van der Waals surface area contributed by atoms with Crippen LogP contribution in [0.1, 0.15) is 103 Å². The Hall–Kier alpha value is -3.02. The lowest BCUT2D eigenvalue weighted by atomic mass is 10.0. The third kappa shape index (κ3) is 13.2. The van der Waals surface area contributed by atoms with Gasteiger partial charge in [0.05, 0.1) is 18.5 Å². The maximum absolute atomic E-state index is 12.0. The number of carbonyl (C=O) groups excluding carboxylic acids is 2. The second-order valence-corrected chi connectivity index (χ2v) is 9.57. The molecule has 6 nitrogen and oxygen atoms in total. The molecule has 0 radical (unpaired) electrons. The highest BCUT2D eigenvalue weighted by Gasteiger charge is 2.08. The molecule has 37 heavy (non-hydrogen) atoms. The number of esters is 2. The van der Waals surface area contributed by atoms with Gasteiger partial charge in [-0.3, -0.25) is 4.79 Å². The predicted octanol–water partition coefficient (Wildman–Crippen LogP) is 7.80. The van der Waals surface area contributed by atoms with Gasteiger partial charge in [0, 0.05) is 18.1 Å². The Morgan fingerprint density at radius 1 is 0.892 bits per heavy atom. The number of rotatable bonds is 18. The fraction of sp³-hybridized carbons (Fsp3) is 0.548. The number of ether oxygens (including phenoxy) is 2. The summed E-state index contributed by atoms with van der Waals surface area (Å²) >= 11 is 0. The minimum Gasteiger partial charge on any atom is -0.463 e. The van der Waals surface area contributed by atoms with Crippen LogP contribution in [0.15, 0.2) is 48.8 Å². The van der Waals surface area contributed by atoms with E-state index in [1.54, 1.807) is 0 Å². The van der Waals surface area contributed by atoms with Crippen LogP contribution in [0.25, 0.3) is 11.4 Å². The minimum absolute atomic E-state index is 0.0276. The zero-order valence-electron chi connectivity index (χ0n) is 22.9. The van der Waals surface area contributed by atoms with Gasteiger partial charge in [-0.15, -0.1) is 0 Å². The van der Waals surface area contributed by atoms with E-state index < -0.39 is 5.97 Å². The Morgan fingerprint density at radius 3 is 2.24 bits per heavy atom. The fourth-order valence-electron chi connectivity index (χ4n) is 4.02. The SMILES string of the molecule is CCCCCCCCCC=CC(=O)Oc1cnc(-c2ccc(CCCCC(C)OC(=O)CC)cc2)nc1. The van der Waals surface area contributed by atoms with Crippen LogP contribution in [0.5, 0.6) is 5.75 Å². The number of aromatic nitrogens is 2. The molecule has 2 aromatic rings. The van der Waals surface area contributed by atoms with Gasteiger partial charge in [-0.2, -0.15) is 0 Å². The molecule has 0 bridgehead atoms. The summed E-state index contributed by atoms with van der Waals surface area (Å²) in [5, 5.41) is 0. The molecule has 6 heteroatoms. The number of unbranched alkanes of at least 4 members (excludes halogenated alkanes) is 8. The molecule has 0 aliphatic rings. The number of hydrogen-bond donors (Lipinski definition) is 0. The predicted molar refractivity (Wildman–Crippen MR) is 148 cm³/mol. The highest BCUT2D eigenvalue weighted by molar-refractivity contribution is 5.83. The van der Waals surface area contributed by atoms with Gasteiger partial charge < -0.3 is 9.47 Å². The first-order valence-corrected chi connectivity index (χ1v) is 14.0. The van der Waals surface area contributed by atoms with Crippen molar-refractivity contribution in [1.82, 2.24) is 9.97 Å². The molecule has 0 N–H and O–H groups in total. The smallest absolute Gasteiger partial charge is 0.335 e. The van der Waals surface area contributed by atoms with Crippen molar-refractivity contribution in [3.8, 4) is 17.1 Å². The lowest BCUT2D eigenvalue weighted by Crippen LogP contribution is -2.13. The number of hydrogen-bond acceptors (Lipinski definition) is 6. The summed E-state index contributed by atoms with van der Waals surface area (Å²) in [7, 11) is 0. The fourth-order valence-corrected chi connectivity index (χ4v) is 4.02. The first-order chi connectivity index (χ1) is 18.0. The van der Waals surface area contributed by atoms with Crippen molar-refractivity contribution in [3.05, 3.63) is 54.4 Å². The van der Waals surface area contributed by atoms with Crippen molar-refractivity contribution in [1.29, 1.82) is 0 Å². The highest BCUT2D eigenvalue weighted by atomic mass is 16.5. The molecule has 1 aromatic carbocycles. The molecule has 2 rings (SSSR count). The number of allylic oxidation sites excluding steroid dienone is 1. The van der Waals surface area contributed by atoms with Gasteiger partial charge >= 0.3 is 11.9 Å². The average molecular weight is 509 g/mol. The molecule has 1 unspecified atom stereocenters. The minimum atomic E-state index is -0.401. The molecular formula is C31H44N2O4. The number of aryl methyl sites for hydroxylation is 1. The van der Waals surface area contributed by atoms with E-state index in [4.69, 9.17) is 9.47 Å². The van der Waals surface area contributed by atoms with Crippen LogP contribution in [-0.2, 0) is 20.7 Å². The van der Waals surface area contributed by atoms with Gasteiger partial charge in [-0.05, 0) is 51.0 Å². The van der Waals surface area contributed by atoms with Crippen LogP contribution in [0.3, 0.4) is 0 Å². The van der Waals surface area contributed by atoms with Crippen LogP contribution in [-0.4, -0.2) is 28.0 Å². The van der Waals surface area contributed by atoms with E-state index in [1.165, 1.54) is 62.6 Å². The topological polar surface area (TPSA) is 78.4 Å². The summed E-state index contributed by atoms with van der Waals surface area (Å²) in [6, 6.07) is 8.19. The van der Waals surface area contributed by atoms with Crippen LogP contribution in [0.4, 0.5) is 0 Å². The highest BCUT2D eigenvalue weighted by Crippen LogP contribution is 2.19. The summed E-state index contributed by atoms with van der Waals surface area (Å²) in [6.45, 7) is 5.99. The molecule has 0 saturated heterocycles. The van der Waals surface area contributed by atoms with Crippen LogP contribution in [0, 0.1) is 0 Å². The van der Waals surface area contributed by atoms with Crippen LogP contribution in [0.2, 0.25) is 0 Å². The van der Waals surface area contributed by atoms with Gasteiger partial charge in [0.25, 0.3) is 0 Å². The number of carbonyl (C=O) groups is 2. The maximum atomic E-state index is 12.0. The standard InChI is InChI=1S/C31H44N2O4/c1-4-6-7-8-9-10-11-12-13-18-30(35)37-28-23-32-31(33-24-28)27-21-19-26(20-22-27)17-15-14-16-25(3)36-29(34)5-2/h13,18-25H,4-12,14-17H2,1-3H3. The molecule has 0 spiro atoms. The second-order valence-electron chi connectivity index (χ2n) is 9.57. The Bertz CT molecular complexity index is 939. The van der Waals surface area contributed by atoms with Gasteiger partial charge in [0.1, 0.15) is 0 Å². The number of benzene rings is 1. The molecule has 202 valence electrons. The van der Waals surface area contributed by atoms with E-state index in [2.05, 4.69) is 29.0 Å². The summed E-state index contributed by atoms with van der Waals surface area (Å²) in [5.41, 5.74) is 2.16. The Balaban J connectivity index is 1.68. The average Bonchev–Trinajstić information content (AvgIpc) is 2.91. The molecule has 1 heterocycles. The summed E-state index contributed by atoms with van der Waals surface area (Å²) < 4.78 is 10.6. The summed E-state index contributed by atoms with van der Waals surface area (Å²) in [5.74, 6) is 0.390. The molecule has 0 aliphatic carbocycles. The van der Waals surface area contributed by atoms with E-state index in [9.17, 15) is 9.59 Å². The van der Waals surface area contributed by atoms with Crippen molar-refractivity contribution in [3.63, 3.8) is 0 Å². The normalized spacial score (nSPS) is 12.0. The van der Waals surface area contributed by atoms with Crippen molar-refractivity contribution >= 4 is 11.9 Å². The van der Waals surface area contributed by atoms with E-state index >= 15 is 0 Å². The van der Waals surface area contributed by atoms with E-state index in [1.807, 2.05) is 32.1 Å². The molecule has 0 aliphatic heterocycles. The molecule has 0 saturated carbocycles. The zero-order valence-corrected chi connectivity index (χ0v) is 22.9. The Kier molecular flexibility index (Phi) is 14.9. The largest absolute Gasteiger partial charge is 0.463 e. The van der Waals surface area contributed by atoms with Gasteiger partial charge in [-0.1, -0.05) is 82.7 Å². The molecular weight excluding hydrogens is 464 g/mol. The van der Waals surface area contributed by atoms with Crippen LogP contribution >= 0.6 is 0 Å². The quantitative estimate of drug-likeness (QED) is 0.116. The van der Waals surface area contributed by atoms with E-state index in [-0.39, 0.29) is 12.1 Å². The first kappa shape index (κ1) is 30.2. The summed E-state index contributed by atoms with van der Waals surface area (Å²) in [4.78, 5) is 32.1. The lowest BCUT2D eigenvalue weighted by molar-refractivity contribution is -0.148. The van der Waals surface area contributed by atoms with Crippen LogP contribution < -0.4 is 4.74 Å². The molecule has 0 amide bonds. The van der Waals surface area contributed by atoms with Crippen molar-refractivity contribution in [2.45, 2.75) is 110 Å². The molecule has 1 aromatic heterocycles. The van der Waals surface area contributed by atoms with Gasteiger partial charge in [0.15, 0.2) is 11.6 Å². The van der Waals surface area contributed by atoms with Crippen molar-refractivity contribution in [2.75, 3.05) is 0 Å². The first-order valence-electron chi connectivity index (χ1n) is 14.0. The second kappa shape index (κ2) is 18.3. The summed E-state index contributed by atoms with van der Waals surface area (Å²) in [6.07, 6.45) is 20.4. The van der Waals surface area contributed by atoms with Crippen molar-refractivity contribution in [2.24, 2.45) is 0 Å². The Morgan fingerprint density at radius 2 is 1.57 bits per heavy atom. The Labute approximate surface area is 222 Å². The third-order valence-electron chi connectivity index (χ3n) is 6.23. The third-order valence-corrected chi connectivity index (χ3v) is 6.23. The zero-order chi connectivity index (χ0) is 26.7.